The van der Waals surface area contributed by atoms with Gasteiger partial charge in [0.25, 0.3) is 0 Å². The van der Waals surface area contributed by atoms with Gasteiger partial charge in [0, 0.05) is 36.0 Å². The van der Waals surface area contributed by atoms with Crippen LogP contribution in [0.25, 0.3) is 5.52 Å². The Balaban J connectivity index is 1.85. The van der Waals surface area contributed by atoms with E-state index in [2.05, 4.69) is 32.8 Å². The molecule has 5 heteroatoms. The molecule has 2 fully saturated rings. The molecule has 2 unspecified atom stereocenters. The molecule has 0 radical (unpaired) electrons. The summed E-state index contributed by atoms with van der Waals surface area (Å²) in [7, 11) is 0. The third kappa shape index (κ3) is 1.38. The minimum Gasteiger partial charge on any atom is -0.350 e. The van der Waals surface area contributed by atoms with Crippen molar-refractivity contribution in [2.24, 2.45) is 0 Å². The van der Waals surface area contributed by atoms with Crippen LogP contribution in [-0.2, 0) is 0 Å². The van der Waals surface area contributed by atoms with Gasteiger partial charge >= 0.3 is 0 Å². The summed E-state index contributed by atoms with van der Waals surface area (Å²) in [6, 6.07) is 2.81. The largest absolute Gasteiger partial charge is 0.350 e. The van der Waals surface area contributed by atoms with Crippen LogP contribution in [0.5, 0.6) is 0 Å². The Hall–Kier alpha value is -1.23. The molecule has 0 spiro atoms. The lowest BCUT2D eigenvalue weighted by atomic mass is 10.2. The average Bonchev–Trinajstić information content (AvgIpc) is 3.00. The lowest BCUT2D eigenvalue weighted by molar-refractivity contribution is 0.750. The van der Waals surface area contributed by atoms with E-state index in [1.165, 1.54) is 12.2 Å². The zero-order valence-corrected chi connectivity index (χ0v) is 10.5. The summed E-state index contributed by atoms with van der Waals surface area (Å²) in [5.74, 6) is 2.36. The van der Waals surface area contributed by atoms with Crippen LogP contribution in [0.3, 0.4) is 0 Å². The molecular weight excluding hydrogens is 232 g/mol. The lowest BCUT2D eigenvalue weighted by Crippen LogP contribution is -2.34. The van der Waals surface area contributed by atoms with Crippen LogP contribution in [0.2, 0.25) is 0 Å². The Labute approximate surface area is 104 Å². The van der Waals surface area contributed by atoms with Crippen LogP contribution in [-0.4, -0.2) is 38.2 Å². The monoisotopic (exact) mass is 246 g/mol. The zero-order chi connectivity index (χ0) is 11.4. The highest BCUT2D eigenvalue weighted by Gasteiger charge is 2.39. The second-order valence-electron chi connectivity index (χ2n) is 4.86. The van der Waals surface area contributed by atoms with E-state index in [1.54, 1.807) is 0 Å². The fraction of sp³-hybridized carbons (Fsp3) is 0.500. The molecule has 0 N–H and O–H groups in total. The van der Waals surface area contributed by atoms with Crippen LogP contribution in [0, 0.1) is 6.92 Å². The average molecular weight is 246 g/mol. The third-order valence-corrected chi connectivity index (χ3v) is 5.05. The highest BCUT2D eigenvalue weighted by molar-refractivity contribution is 8.00. The number of rotatable bonds is 1. The Morgan fingerprint density at radius 1 is 1.47 bits per heavy atom. The molecule has 0 aromatic carbocycles. The maximum Gasteiger partial charge on any atom is 0.155 e. The van der Waals surface area contributed by atoms with E-state index in [0.29, 0.717) is 6.04 Å². The van der Waals surface area contributed by atoms with Crippen molar-refractivity contribution in [3.8, 4) is 0 Å². The quantitative estimate of drug-likeness (QED) is 0.767. The molecule has 0 amide bonds. The van der Waals surface area contributed by atoms with Crippen molar-refractivity contribution in [1.29, 1.82) is 0 Å². The predicted octanol–water partition coefficient (Wildman–Crippen LogP) is 1.73. The number of thioether (sulfide) groups is 1. The summed E-state index contributed by atoms with van der Waals surface area (Å²) in [6.07, 6.45) is 5.10. The van der Waals surface area contributed by atoms with E-state index in [9.17, 15) is 0 Å². The van der Waals surface area contributed by atoms with Crippen molar-refractivity contribution in [3.05, 3.63) is 24.2 Å². The molecule has 4 rings (SSSR count). The van der Waals surface area contributed by atoms with Crippen molar-refractivity contribution >= 4 is 23.1 Å². The molecule has 2 aliphatic rings. The molecule has 17 heavy (non-hydrogen) atoms. The summed E-state index contributed by atoms with van der Waals surface area (Å²) in [5.41, 5.74) is 2.19. The van der Waals surface area contributed by atoms with E-state index >= 15 is 0 Å². The maximum absolute atomic E-state index is 4.58. The number of aryl methyl sites for hydroxylation is 1. The molecule has 2 atom stereocenters. The number of aromatic nitrogens is 3. The van der Waals surface area contributed by atoms with Crippen molar-refractivity contribution in [3.63, 3.8) is 0 Å². The highest BCUT2D eigenvalue weighted by Crippen LogP contribution is 2.40. The zero-order valence-electron chi connectivity index (χ0n) is 9.71. The minimum absolute atomic E-state index is 0.680. The highest BCUT2D eigenvalue weighted by atomic mass is 32.2. The van der Waals surface area contributed by atoms with Crippen molar-refractivity contribution in [2.75, 3.05) is 17.2 Å². The summed E-state index contributed by atoms with van der Waals surface area (Å²) in [6.45, 7) is 3.18. The molecule has 88 valence electrons. The van der Waals surface area contributed by atoms with Gasteiger partial charge in [0.05, 0.1) is 5.69 Å². The number of nitrogens with zero attached hydrogens (tertiary/aromatic N) is 4. The fourth-order valence-electron chi connectivity index (χ4n) is 2.91. The van der Waals surface area contributed by atoms with Crippen LogP contribution in [0.4, 0.5) is 5.82 Å². The second-order valence-corrected chi connectivity index (χ2v) is 6.20. The van der Waals surface area contributed by atoms with Gasteiger partial charge in [0.1, 0.15) is 5.52 Å². The number of anilines is 1. The van der Waals surface area contributed by atoms with Gasteiger partial charge in [-0.1, -0.05) is 0 Å². The van der Waals surface area contributed by atoms with Gasteiger partial charge in [-0.05, 0) is 19.4 Å². The Kier molecular flexibility index (Phi) is 1.94. The first-order valence-electron chi connectivity index (χ1n) is 6.00. The third-order valence-electron chi connectivity index (χ3n) is 3.66. The molecule has 4 nitrogen and oxygen atoms in total. The minimum atomic E-state index is 0.680. The van der Waals surface area contributed by atoms with Crippen molar-refractivity contribution in [1.82, 2.24) is 14.6 Å². The number of fused-ring (bicyclic) bond motifs is 3. The number of hydrogen-bond acceptors (Lipinski definition) is 4. The molecule has 2 aromatic heterocycles. The summed E-state index contributed by atoms with van der Waals surface area (Å²) in [4.78, 5) is 7.05. The van der Waals surface area contributed by atoms with Gasteiger partial charge in [-0.3, -0.25) is 0 Å². The van der Waals surface area contributed by atoms with Gasteiger partial charge in [0.15, 0.2) is 5.82 Å². The van der Waals surface area contributed by atoms with E-state index in [0.717, 1.165) is 28.8 Å². The summed E-state index contributed by atoms with van der Waals surface area (Å²) < 4.78 is 1.94. The van der Waals surface area contributed by atoms with E-state index in [4.69, 9.17) is 0 Å². The molecule has 0 saturated carbocycles. The van der Waals surface area contributed by atoms with E-state index < -0.39 is 0 Å². The molecule has 2 aromatic rings. The molecular formula is C12H14N4S. The van der Waals surface area contributed by atoms with Crippen molar-refractivity contribution < 1.29 is 0 Å². The second kappa shape index (κ2) is 3.38. The molecule has 2 bridgehead atoms. The Bertz CT molecular complexity index is 579. The van der Waals surface area contributed by atoms with Gasteiger partial charge in [0.2, 0.25) is 0 Å². The van der Waals surface area contributed by atoms with Gasteiger partial charge in [-0.25, -0.2) is 9.50 Å². The van der Waals surface area contributed by atoms with Gasteiger partial charge < -0.3 is 4.90 Å². The van der Waals surface area contributed by atoms with E-state index in [-0.39, 0.29) is 0 Å². The van der Waals surface area contributed by atoms with Crippen LogP contribution in [0.15, 0.2) is 18.5 Å². The maximum atomic E-state index is 4.58. The molecule has 4 heterocycles. The fourth-order valence-corrected chi connectivity index (χ4v) is 4.35. The van der Waals surface area contributed by atoms with Crippen LogP contribution < -0.4 is 4.90 Å². The van der Waals surface area contributed by atoms with Crippen LogP contribution >= 0.6 is 11.8 Å². The molecule has 0 aliphatic carbocycles. The normalized spacial score (nSPS) is 27.2. The lowest BCUT2D eigenvalue weighted by Gasteiger charge is -2.27. The van der Waals surface area contributed by atoms with Crippen molar-refractivity contribution in [2.45, 2.75) is 24.6 Å². The Morgan fingerprint density at radius 3 is 3.18 bits per heavy atom. The Morgan fingerprint density at radius 2 is 2.41 bits per heavy atom. The first-order chi connectivity index (χ1) is 8.31. The van der Waals surface area contributed by atoms with Crippen LogP contribution in [0.1, 0.15) is 12.1 Å². The number of hydrogen-bond donors (Lipinski definition) is 0. The first-order valence-corrected chi connectivity index (χ1v) is 7.05. The summed E-state index contributed by atoms with van der Waals surface area (Å²) in [5, 5.41) is 5.26. The first kappa shape index (κ1) is 9.76. The predicted molar refractivity (Wildman–Crippen MR) is 69.7 cm³/mol. The molecule has 2 saturated heterocycles. The van der Waals surface area contributed by atoms with E-state index in [1.807, 2.05) is 23.8 Å². The van der Waals surface area contributed by atoms with Gasteiger partial charge in [-0.2, -0.15) is 16.9 Å². The molecule has 2 aliphatic heterocycles. The SMILES string of the molecule is Cc1cc2c(N3CC4CC3CS4)nccn2n1. The standard InChI is InChI=1S/C12H14N4S/c1-8-4-11-12(13-2-3-16(11)14-8)15-6-10-5-9(15)7-17-10/h2-4,9-10H,5-7H2,1H3. The summed E-state index contributed by atoms with van der Waals surface area (Å²) >= 11 is 2.11. The smallest absolute Gasteiger partial charge is 0.155 e. The van der Waals surface area contributed by atoms with Gasteiger partial charge in [-0.15, -0.1) is 0 Å². The topological polar surface area (TPSA) is 33.4 Å².